The fourth-order valence-corrected chi connectivity index (χ4v) is 5.21. The molecule has 4 aliphatic carbocycles. The number of hydrogen-bond donors (Lipinski definition) is 1. The summed E-state index contributed by atoms with van der Waals surface area (Å²) in [7, 11) is 0. The van der Waals surface area contributed by atoms with Gasteiger partial charge in [-0.3, -0.25) is 9.59 Å². The Morgan fingerprint density at radius 2 is 1.75 bits per heavy atom. The molecule has 4 saturated carbocycles. The summed E-state index contributed by atoms with van der Waals surface area (Å²) in [5, 5.41) is 8.43. The lowest BCUT2D eigenvalue weighted by atomic mass is 9.48. The predicted octanol–water partition coefficient (Wildman–Crippen LogP) is 2.15. The molecule has 2 atom stereocenters. The van der Waals surface area contributed by atoms with Crippen LogP contribution in [0.4, 0.5) is 8.78 Å². The van der Waals surface area contributed by atoms with Gasteiger partial charge in [0.15, 0.2) is 6.61 Å². The Bertz CT molecular complexity index is 573. The van der Waals surface area contributed by atoms with Crippen LogP contribution in [0, 0.1) is 17.3 Å². The number of rotatable bonds is 5. The lowest BCUT2D eigenvalue weighted by Crippen LogP contribution is -2.60. The van der Waals surface area contributed by atoms with Crippen molar-refractivity contribution in [3.63, 3.8) is 0 Å². The minimum Gasteiger partial charge on any atom is -0.477 e. The molecule has 0 radical (unpaired) electrons. The third kappa shape index (κ3) is 2.86. The molecule has 4 aliphatic rings. The van der Waals surface area contributed by atoms with Crippen LogP contribution in [0.3, 0.4) is 0 Å². The number of carboxylic acid groups (broad SMARTS) is 1. The third-order valence-electron chi connectivity index (χ3n) is 5.50. The number of aliphatic carboxylic acids is 1. The molecule has 0 aromatic heterocycles. The second-order valence-electron chi connectivity index (χ2n) is 7.60. The highest BCUT2D eigenvalue weighted by Gasteiger charge is 2.63. The van der Waals surface area contributed by atoms with Crippen LogP contribution in [0.5, 0.6) is 0 Å². The molecule has 134 valence electrons. The largest absolute Gasteiger partial charge is 0.477 e. The average Bonchev–Trinajstić information content (AvgIpc) is 2.41. The second-order valence-corrected chi connectivity index (χ2v) is 7.60. The van der Waals surface area contributed by atoms with Crippen molar-refractivity contribution in [1.82, 2.24) is 0 Å². The van der Waals surface area contributed by atoms with E-state index in [0.29, 0.717) is 25.7 Å². The van der Waals surface area contributed by atoms with Crippen molar-refractivity contribution in [3.05, 3.63) is 0 Å². The van der Waals surface area contributed by atoms with E-state index >= 15 is 0 Å². The Balaban J connectivity index is 1.76. The van der Waals surface area contributed by atoms with Gasteiger partial charge in [0.05, 0.1) is 5.41 Å². The highest BCUT2D eigenvalue weighted by Crippen LogP contribution is 2.63. The Morgan fingerprint density at radius 3 is 2.25 bits per heavy atom. The lowest BCUT2D eigenvalue weighted by molar-refractivity contribution is -0.216. The van der Waals surface area contributed by atoms with Gasteiger partial charge in [0, 0.05) is 13.3 Å². The molecule has 24 heavy (non-hydrogen) atoms. The van der Waals surface area contributed by atoms with Crippen molar-refractivity contribution in [2.24, 2.45) is 17.3 Å². The molecule has 0 aliphatic heterocycles. The van der Waals surface area contributed by atoms with Crippen LogP contribution in [0.25, 0.3) is 0 Å². The highest BCUT2D eigenvalue weighted by atomic mass is 19.3. The summed E-state index contributed by atoms with van der Waals surface area (Å²) in [4.78, 5) is 34.4. The molecule has 8 heteroatoms. The molecule has 0 heterocycles. The maximum Gasteiger partial charge on any atom is 0.378 e. The number of alkyl halides is 2. The van der Waals surface area contributed by atoms with Gasteiger partial charge in [-0.2, -0.15) is 8.78 Å². The summed E-state index contributed by atoms with van der Waals surface area (Å²) in [5.41, 5.74) is -1.67. The SMILES string of the molecule is CC(=O)OC12CC3CC(C1)CC(C(=O)OCC(F)(F)C(=O)O)(C3)C2. The van der Waals surface area contributed by atoms with Crippen molar-refractivity contribution < 1.29 is 37.7 Å². The van der Waals surface area contributed by atoms with Gasteiger partial charge in [-0.15, -0.1) is 0 Å². The number of esters is 2. The van der Waals surface area contributed by atoms with Crippen molar-refractivity contribution in [3.8, 4) is 0 Å². The second kappa shape index (κ2) is 5.39. The molecule has 6 nitrogen and oxygen atoms in total. The molecule has 0 aromatic carbocycles. The maximum atomic E-state index is 13.2. The predicted molar refractivity (Wildman–Crippen MR) is 75.2 cm³/mol. The number of hydrogen-bond acceptors (Lipinski definition) is 5. The molecule has 0 aromatic rings. The van der Waals surface area contributed by atoms with Crippen molar-refractivity contribution in [2.75, 3.05) is 6.61 Å². The van der Waals surface area contributed by atoms with Gasteiger partial charge in [0.2, 0.25) is 0 Å². The van der Waals surface area contributed by atoms with E-state index in [9.17, 15) is 23.2 Å². The summed E-state index contributed by atoms with van der Waals surface area (Å²) in [5.74, 6) is -7.26. The number of carbonyl (C=O) groups is 3. The first-order valence-electron chi connectivity index (χ1n) is 8.04. The van der Waals surface area contributed by atoms with E-state index in [0.717, 1.165) is 6.42 Å². The third-order valence-corrected chi connectivity index (χ3v) is 5.50. The van der Waals surface area contributed by atoms with Gasteiger partial charge in [0.25, 0.3) is 0 Å². The van der Waals surface area contributed by atoms with E-state index in [4.69, 9.17) is 14.6 Å². The van der Waals surface area contributed by atoms with E-state index in [1.165, 1.54) is 6.92 Å². The van der Waals surface area contributed by atoms with Gasteiger partial charge in [-0.05, 0) is 43.9 Å². The normalized spacial score (nSPS) is 37.1. The number of carbonyl (C=O) groups excluding carboxylic acids is 2. The summed E-state index contributed by atoms with van der Waals surface area (Å²) >= 11 is 0. The zero-order valence-corrected chi connectivity index (χ0v) is 13.3. The minimum atomic E-state index is -4.11. The van der Waals surface area contributed by atoms with Crippen LogP contribution < -0.4 is 0 Å². The first-order chi connectivity index (χ1) is 11.1. The van der Waals surface area contributed by atoms with Crippen LogP contribution in [0.1, 0.15) is 45.4 Å². The van der Waals surface area contributed by atoms with E-state index in [-0.39, 0.29) is 18.3 Å². The van der Waals surface area contributed by atoms with Crippen molar-refractivity contribution in [1.29, 1.82) is 0 Å². The van der Waals surface area contributed by atoms with Crippen LogP contribution in [0.15, 0.2) is 0 Å². The summed E-state index contributed by atoms with van der Waals surface area (Å²) in [6.07, 6.45) is 3.61. The number of ether oxygens (including phenoxy) is 2. The molecular weight excluding hydrogens is 326 g/mol. The molecule has 0 spiro atoms. The highest BCUT2D eigenvalue weighted by molar-refractivity contribution is 5.80. The Hall–Kier alpha value is -1.73. The molecule has 2 unspecified atom stereocenters. The Morgan fingerprint density at radius 1 is 1.17 bits per heavy atom. The molecule has 4 fully saturated rings. The van der Waals surface area contributed by atoms with Gasteiger partial charge < -0.3 is 14.6 Å². The first kappa shape index (κ1) is 17.1. The molecular formula is C16H20F2O6. The average molecular weight is 346 g/mol. The maximum absolute atomic E-state index is 13.2. The zero-order valence-electron chi connectivity index (χ0n) is 13.3. The minimum absolute atomic E-state index is 0.193. The summed E-state index contributed by atoms with van der Waals surface area (Å²) in [6, 6.07) is 0. The van der Waals surface area contributed by atoms with Crippen LogP contribution in [0.2, 0.25) is 0 Å². The standard InChI is InChI=1S/C16H20F2O6/c1-9(19)24-15-5-10-2-11(6-15)4-14(3-10,7-15)13(22)23-8-16(17,18)12(20)21/h10-11H,2-8H2,1H3,(H,20,21). The molecule has 0 saturated heterocycles. The van der Waals surface area contributed by atoms with E-state index in [1.54, 1.807) is 0 Å². The van der Waals surface area contributed by atoms with E-state index in [1.807, 2.05) is 0 Å². The fourth-order valence-electron chi connectivity index (χ4n) is 5.21. The van der Waals surface area contributed by atoms with E-state index in [2.05, 4.69) is 0 Å². The van der Waals surface area contributed by atoms with Gasteiger partial charge >= 0.3 is 23.8 Å². The molecule has 4 rings (SSSR count). The van der Waals surface area contributed by atoms with Crippen molar-refractivity contribution >= 4 is 17.9 Å². The van der Waals surface area contributed by atoms with Gasteiger partial charge in [0.1, 0.15) is 5.60 Å². The van der Waals surface area contributed by atoms with Gasteiger partial charge in [-0.1, -0.05) is 0 Å². The first-order valence-corrected chi connectivity index (χ1v) is 8.04. The fraction of sp³-hybridized carbons (Fsp3) is 0.812. The molecule has 1 N–H and O–H groups in total. The van der Waals surface area contributed by atoms with Crippen LogP contribution >= 0.6 is 0 Å². The number of carboxylic acids is 1. The van der Waals surface area contributed by atoms with Crippen LogP contribution in [-0.2, 0) is 23.9 Å². The van der Waals surface area contributed by atoms with Gasteiger partial charge in [-0.25, -0.2) is 4.79 Å². The number of halogens is 2. The quantitative estimate of drug-likeness (QED) is 0.767. The topological polar surface area (TPSA) is 89.9 Å². The smallest absolute Gasteiger partial charge is 0.378 e. The monoisotopic (exact) mass is 346 g/mol. The molecule has 4 bridgehead atoms. The Kier molecular flexibility index (Phi) is 3.84. The van der Waals surface area contributed by atoms with E-state index < -0.39 is 41.5 Å². The summed E-state index contributed by atoms with van der Waals surface area (Å²) in [6.45, 7) is -0.157. The lowest BCUT2D eigenvalue weighted by Gasteiger charge is -2.59. The Labute approximate surface area is 137 Å². The molecule has 0 amide bonds. The van der Waals surface area contributed by atoms with Crippen molar-refractivity contribution in [2.45, 2.75) is 57.0 Å². The summed E-state index contributed by atoms with van der Waals surface area (Å²) < 4.78 is 36.6. The van der Waals surface area contributed by atoms with Crippen LogP contribution in [-0.4, -0.2) is 41.1 Å². The zero-order chi connectivity index (χ0) is 17.8.